The highest BCUT2D eigenvalue weighted by atomic mass is 16.3. The highest BCUT2D eigenvalue weighted by Crippen LogP contribution is 2.18. The Morgan fingerprint density at radius 2 is 1.64 bits per heavy atom. The van der Waals surface area contributed by atoms with Gasteiger partial charge in [0, 0.05) is 24.5 Å². The quantitative estimate of drug-likeness (QED) is 0.728. The van der Waals surface area contributed by atoms with Crippen molar-refractivity contribution in [3.63, 3.8) is 0 Å². The summed E-state index contributed by atoms with van der Waals surface area (Å²) >= 11 is 0. The molecule has 2 aromatic carbocycles. The number of rotatable bonds is 6. The molecular weight excluding hydrogens is 312 g/mol. The third kappa shape index (κ3) is 4.52. The van der Waals surface area contributed by atoms with Crippen molar-refractivity contribution in [1.82, 2.24) is 10.3 Å². The van der Waals surface area contributed by atoms with Gasteiger partial charge in [-0.2, -0.15) is 0 Å². The van der Waals surface area contributed by atoms with Gasteiger partial charge in [-0.3, -0.25) is 9.78 Å². The van der Waals surface area contributed by atoms with Crippen LogP contribution in [0.1, 0.15) is 21.5 Å². The zero-order valence-electron chi connectivity index (χ0n) is 13.9. The van der Waals surface area contributed by atoms with Crippen LogP contribution in [0.15, 0.2) is 73.1 Å². The maximum atomic E-state index is 12.3. The summed E-state index contributed by atoms with van der Waals surface area (Å²) in [5.41, 5.74) is 4.52. The van der Waals surface area contributed by atoms with Gasteiger partial charge in [0.1, 0.15) is 0 Å². The molecule has 4 heteroatoms. The number of nitrogens with one attached hydrogen (secondary N) is 1. The fourth-order valence-electron chi connectivity index (χ4n) is 2.59. The molecule has 1 heterocycles. The van der Waals surface area contributed by atoms with Gasteiger partial charge in [0.25, 0.3) is 5.91 Å². The van der Waals surface area contributed by atoms with Crippen molar-refractivity contribution in [1.29, 1.82) is 0 Å². The summed E-state index contributed by atoms with van der Waals surface area (Å²) in [4.78, 5) is 16.5. The third-order valence-corrected chi connectivity index (χ3v) is 4.01. The molecule has 4 nitrogen and oxygen atoms in total. The number of benzene rings is 2. The van der Waals surface area contributed by atoms with Gasteiger partial charge in [0.15, 0.2) is 0 Å². The summed E-state index contributed by atoms with van der Waals surface area (Å²) < 4.78 is 0. The summed E-state index contributed by atoms with van der Waals surface area (Å²) in [7, 11) is 0. The molecule has 0 radical (unpaired) electrons. The maximum Gasteiger partial charge on any atom is 0.252 e. The van der Waals surface area contributed by atoms with Gasteiger partial charge in [0.2, 0.25) is 0 Å². The Morgan fingerprint density at radius 1 is 0.920 bits per heavy atom. The lowest BCUT2D eigenvalue weighted by Gasteiger charge is -2.07. The van der Waals surface area contributed by atoms with Crippen LogP contribution in [-0.4, -0.2) is 22.5 Å². The van der Waals surface area contributed by atoms with E-state index in [1.807, 2.05) is 60.7 Å². The van der Waals surface area contributed by atoms with Crippen LogP contribution in [-0.2, 0) is 13.0 Å². The molecule has 0 aliphatic heterocycles. The van der Waals surface area contributed by atoms with E-state index in [1.165, 1.54) is 0 Å². The van der Waals surface area contributed by atoms with E-state index in [0.717, 1.165) is 28.7 Å². The summed E-state index contributed by atoms with van der Waals surface area (Å²) in [6, 6.07) is 19.4. The molecule has 3 rings (SSSR count). The number of aromatic nitrogens is 1. The second-order valence-corrected chi connectivity index (χ2v) is 5.81. The maximum absolute atomic E-state index is 12.3. The van der Waals surface area contributed by atoms with E-state index in [0.29, 0.717) is 12.1 Å². The molecule has 126 valence electrons. The monoisotopic (exact) mass is 332 g/mol. The summed E-state index contributed by atoms with van der Waals surface area (Å²) in [5, 5.41) is 12.0. The van der Waals surface area contributed by atoms with Crippen LogP contribution in [0.5, 0.6) is 0 Å². The second kappa shape index (κ2) is 8.22. The van der Waals surface area contributed by atoms with E-state index < -0.39 is 0 Å². The van der Waals surface area contributed by atoms with Crippen LogP contribution in [0.2, 0.25) is 0 Å². The molecule has 1 aromatic heterocycles. The fourth-order valence-corrected chi connectivity index (χ4v) is 2.59. The van der Waals surface area contributed by atoms with Crippen LogP contribution in [0.3, 0.4) is 0 Å². The molecule has 0 saturated carbocycles. The van der Waals surface area contributed by atoms with Crippen molar-refractivity contribution in [3.8, 4) is 11.1 Å². The summed E-state index contributed by atoms with van der Waals surface area (Å²) in [6.07, 6.45) is 4.08. The van der Waals surface area contributed by atoms with Gasteiger partial charge in [0.05, 0.1) is 12.2 Å². The Hall–Kier alpha value is -2.98. The molecule has 3 aromatic rings. The van der Waals surface area contributed by atoms with Crippen molar-refractivity contribution in [2.75, 3.05) is 6.54 Å². The Bertz CT molecular complexity index is 830. The van der Waals surface area contributed by atoms with E-state index in [9.17, 15) is 4.79 Å². The number of amides is 1. The van der Waals surface area contributed by atoms with Crippen LogP contribution in [0.25, 0.3) is 11.1 Å². The van der Waals surface area contributed by atoms with Gasteiger partial charge >= 0.3 is 0 Å². The average Bonchev–Trinajstić information content (AvgIpc) is 2.69. The van der Waals surface area contributed by atoms with Crippen molar-refractivity contribution >= 4 is 5.91 Å². The molecule has 0 atom stereocenters. The second-order valence-electron chi connectivity index (χ2n) is 5.81. The van der Waals surface area contributed by atoms with Gasteiger partial charge < -0.3 is 10.4 Å². The van der Waals surface area contributed by atoms with Crippen LogP contribution in [0.4, 0.5) is 0 Å². The normalized spacial score (nSPS) is 10.4. The molecule has 0 fully saturated rings. The van der Waals surface area contributed by atoms with Crippen LogP contribution >= 0.6 is 0 Å². The zero-order chi connectivity index (χ0) is 17.5. The highest BCUT2D eigenvalue weighted by Gasteiger charge is 2.07. The minimum Gasteiger partial charge on any atom is -0.392 e. The fraction of sp³-hybridized carbons (Fsp3) is 0.143. The number of pyridine rings is 1. The first kappa shape index (κ1) is 16.9. The molecule has 0 unspecified atom stereocenters. The summed E-state index contributed by atoms with van der Waals surface area (Å²) in [5.74, 6) is -0.128. The molecule has 0 aliphatic rings. The lowest BCUT2D eigenvalue weighted by Crippen LogP contribution is -2.25. The van der Waals surface area contributed by atoms with E-state index in [2.05, 4.69) is 10.3 Å². The first-order chi connectivity index (χ1) is 12.3. The lowest BCUT2D eigenvalue weighted by atomic mass is 10.1. The Labute approximate surface area is 147 Å². The Balaban J connectivity index is 1.59. The van der Waals surface area contributed by atoms with Gasteiger partial charge in [-0.25, -0.2) is 0 Å². The van der Waals surface area contributed by atoms with Gasteiger partial charge in [-0.1, -0.05) is 54.6 Å². The minimum atomic E-state index is -0.128. The predicted molar refractivity (Wildman–Crippen MR) is 98.1 cm³/mol. The molecule has 1 amide bonds. The molecule has 0 spiro atoms. The Kier molecular flexibility index (Phi) is 5.54. The first-order valence-electron chi connectivity index (χ1n) is 8.23. The number of aliphatic hydroxyl groups excluding tert-OH is 1. The minimum absolute atomic E-state index is 0.0434. The molecule has 0 saturated heterocycles. The number of hydrogen-bond acceptors (Lipinski definition) is 3. The molecule has 25 heavy (non-hydrogen) atoms. The Morgan fingerprint density at radius 3 is 2.36 bits per heavy atom. The van der Waals surface area contributed by atoms with Crippen molar-refractivity contribution in [3.05, 3.63) is 89.7 Å². The topological polar surface area (TPSA) is 62.2 Å². The lowest BCUT2D eigenvalue weighted by molar-refractivity contribution is 0.0954. The third-order valence-electron chi connectivity index (χ3n) is 4.01. The van der Waals surface area contributed by atoms with E-state index in [-0.39, 0.29) is 12.5 Å². The van der Waals surface area contributed by atoms with Crippen LogP contribution < -0.4 is 5.32 Å². The highest BCUT2D eigenvalue weighted by molar-refractivity contribution is 5.95. The largest absolute Gasteiger partial charge is 0.392 e. The van der Waals surface area contributed by atoms with E-state index in [4.69, 9.17) is 5.11 Å². The van der Waals surface area contributed by atoms with Crippen molar-refractivity contribution in [2.24, 2.45) is 0 Å². The van der Waals surface area contributed by atoms with Crippen molar-refractivity contribution in [2.45, 2.75) is 13.0 Å². The average molecular weight is 332 g/mol. The van der Waals surface area contributed by atoms with Gasteiger partial charge in [-0.05, 0) is 29.2 Å². The SMILES string of the molecule is O=C(NCCc1ccc(CO)cc1)c1cncc(-c2ccccc2)c1. The first-order valence-corrected chi connectivity index (χ1v) is 8.23. The molecule has 0 aliphatic carbocycles. The smallest absolute Gasteiger partial charge is 0.252 e. The standard InChI is InChI=1S/C21H20N2O2/c24-15-17-8-6-16(7-9-17)10-11-23-21(25)20-12-19(13-22-14-20)18-4-2-1-3-5-18/h1-9,12-14,24H,10-11,15H2,(H,23,25). The number of hydrogen-bond donors (Lipinski definition) is 2. The molecule has 2 N–H and O–H groups in total. The van der Waals surface area contributed by atoms with Crippen molar-refractivity contribution < 1.29 is 9.90 Å². The summed E-state index contributed by atoms with van der Waals surface area (Å²) in [6.45, 7) is 0.592. The number of nitrogens with zero attached hydrogens (tertiary/aromatic N) is 1. The van der Waals surface area contributed by atoms with E-state index >= 15 is 0 Å². The van der Waals surface area contributed by atoms with Gasteiger partial charge in [-0.15, -0.1) is 0 Å². The number of aliphatic hydroxyl groups is 1. The molecule has 0 bridgehead atoms. The predicted octanol–water partition coefficient (Wildman–Crippen LogP) is 3.21. The molecular formula is C21H20N2O2. The zero-order valence-corrected chi connectivity index (χ0v) is 13.9. The number of carbonyl (C=O) groups excluding carboxylic acids is 1. The van der Waals surface area contributed by atoms with Crippen LogP contribution in [0, 0.1) is 0 Å². The van der Waals surface area contributed by atoms with E-state index in [1.54, 1.807) is 12.4 Å². The number of carbonyl (C=O) groups is 1.